The Balaban J connectivity index is -0.000000180. The average molecular weight is 407 g/mol. The minimum atomic E-state index is -0.187. The van der Waals surface area contributed by atoms with Crippen LogP contribution in [-0.2, 0) is 9.59 Å². The van der Waals surface area contributed by atoms with E-state index < -0.39 is 0 Å². The molecule has 0 atom stereocenters. The van der Waals surface area contributed by atoms with Crippen molar-refractivity contribution < 1.29 is 19.8 Å². The predicted molar refractivity (Wildman–Crippen MR) is 57.4 cm³/mol. The van der Waals surface area contributed by atoms with Gasteiger partial charge in [0.2, 0.25) is 0 Å². The number of carbonyl (C=O) groups is 2. The first-order chi connectivity index (χ1) is 6.25. The molecule has 0 saturated heterocycles. The third kappa shape index (κ3) is 31.8. The molecule has 0 saturated carbocycles. The Kier molecular flexibility index (Phi) is 15.1. The maximum atomic E-state index is 9.98. The second-order valence-corrected chi connectivity index (χ2v) is 2.73. The number of rotatable bonds is 2. The minimum absolute atomic E-state index is 0. The van der Waals surface area contributed by atoms with Crippen LogP contribution in [-0.4, -0.2) is 38.9 Å². The Labute approximate surface area is 110 Å². The molecule has 0 amide bonds. The molecule has 5 heteroatoms. The Morgan fingerprint density at radius 1 is 0.800 bits per heavy atom. The molecule has 0 unspecified atom stereocenters. The standard InChI is InChI=1S/2C5H8O2.Pb.2H/c2*1-4(6)3-5(2)7;;;/h2*3,6H,1-2H3;;;/q;;+2;;/p-2/b2*4-3-;;;. The molecule has 0 spiro atoms. The summed E-state index contributed by atoms with van der Waals surface area (Å²) in [7, 11) is 0. The van der Waals surface area contributed by atoms with Gasteiger partial charge < -0.3 is 10.2 Å². The topological polar surface area (TPSA) is 80.3 Å². The van der Waals surface area contributed by atoms with E-state index in [4.69, 9.17) is 0 Å². The zero-order valence-electron chi connectivity index (χ0n) is 9.49. The van der Waals surface area contributed by atoms with Gasteiger partial charge >= 0.3 is 27.3 Å². The third-order valence-electron chi connectivity index (χ3n) is 0.813. The third-order valence-corrected chi connectivity index (χ3v) is 0.813. The Morgan fingerprint density at radius 3 is 1.00 bits per heavy atom. The molecule has 84 valence electrons. The molecule has 0 aliphatic heterocycles. The summed E-state index contributed by atoms with van der Waals surface area (Å²) in [6.07, 6.45) is 2.11. The van der Waals surface area contributed by atoms with Gasteiger partial charge in [-0.25, -0.2) is 0 Å². The van der Waals surface area contributed by atoms with Crippen LogP contribution in [0.5, 0.6) is 0 Å². The predicted octanol–water partition coefficient (Wildman–Crippen LogP) is -1.24. The number of carbonyl (C=O) groups excluding carboxylic acids is 2. The van der Waals surface area contributed by atoms with E-state index in [0.29, 0.717) is 0 Å². The molecular weight excluding hydrogens is 391 g/mol. The van der Waals surface area contributed by atoms with E-state index in [1.54, 1.807) is 0 Å². The normalized spacial score (nSPS) is 10.7. The molecule has 0 aromatic heterocycles. The summed E-state index contributed by atoms with van der Waals surface area (Å²) in [5.74, 6) is -0.750. The molecule has 0 aliphatic carbocycles. The zero-order chi connectivity index (χ0) is 11.7. The number of hydrogen-bond acceptors (Lipinski definition) is 4. The van der Waals surface area contributed by atoms with Crippen molar-refractivity contribution in [1.29, 1.82) is 0 Å². The number of ketones is 2. The Bertz CT molecular complexity index is 231. The van der Waals surface area contributed by atoms with Gasteiger partial charge in [-0.1, -0.05) is 13.8 Å². The second-order valence-electron chi connectivity index (χ2n) is 2.73. The van der Waals surface area contributed by atoms with Gasteiger partial charge in [-0.05, 0) is 26.0 Å². The van der Waals surface area contributed by atoms with Crippen molar-refractivity contribution >= 4 is 38.9 Å². The molecule has 0 radical (unpaired) electrons. The van der Waals surface area contributed by atoms with E-state index in [9.17, 15) is 19.8 Å². The van der Waals surface area contributed by atoms with Crippen LogP contribution in [0.1, 0.15) is 27.7 Å². The van der Waals surface area contributed by atoms with Crippen molar-refractivity contribution in [3.63, 3.8) is 0 Å². The molecule has 0 aliphatic rings. The molecule has 4 nitrogen and oxygen atoms in total. The van der Waals surface area contributed by atoms with Crippen LogP contribution in [0.15, 0.2) is 23.7 Å². The number of allylic oxidation sites excluding steroid dienone is 4. The molecule has 0 rings (SSSR count). The summed E-state index contributed by atoms with van der Waals surface area (Å²) in [5, 5.41) is 20.0. The Hall–Kier alpha value is -0.658. The first-order valence-electron chi connectivity index (χ1n) is 3.97. The van der Waals surface area contributed by atoms with Gasteiger partial charge in [-0.15, -0.1) is 11.5 Å². The van der Waals surface area contributed by atoms with Gasteiger partial charge in [0.05, 0.1) is 0 Å². The fourth-order valence-electron chi connectivity index (χ4n) is 0.572. The van der Waals surface area contributed by atoms with Gasteiger partial charge in [0.25, 0.3) is 0 Å². The van der Waals surface area contributed by atoms with E-state index in [1.165, 1.54) is 27.7 Å². The van der Waals surface area contributed by atoms with Gasteiger partial charge in [0, 0.05) is 0 Å². The van der Waals surface area contributed by atoms with Crippen LogP contribution in [0.2, 0.25) is 0 Å². The first-order valence-corrected chi connectivity index (χ1v) is 3.97. The van der Waals surface area contributed by atoms with Crippen molar-refractivity contribution in [3.8, 4) is 0 Å². The molecule has 0 aromatic carbocycles. The van der Waals surface area contributed by atoms with Gasteiger partial charge in [-0.2, -0.15) is 0 Å². The SMILES string of the molecule is CC(=O)/C=C(/C)[O-].CC(=O)/C=C(/C)[O-].[PbH2+2]. The van der Waals surface area contributed by atoms with Gasteiger partial charge in [0.1, 0.15) is 0 Å². The van der Waals surface area contributed by atoms with Crippen LogP contribution >= 0.6 is 0 Å². The molecule has 0 fully saturated rings. The zero-order valence-corrected chi connectivity index (χ0v) is 15.0. The van der Waals surface area contributed by atoms with Gasteiger partial charge in [-0.3, -0.25) is 9.59 Å². The van der Waals surface area contributed by atoms with Crippen molar-refractivity contribution in [2.45, 2.75) is 27.7 Å². The monoisotopic (exact) mass is 408 g/mol. The number of hydrogen-bond donors (Lipinski definition) is 0. The second kappa shape index (κ2) is 11.4. The van der Waals surface area contributed by atoms with Gasteiger partial charge in [0.15, 0.2) is 11.6 Å². The molecule has 0 heterocycles. The molecule has 0 N–H and O–H groups in total. The summed E-state index contributed by atoms with van der Waals surface area (Å²) in [4.78, 5) is 20.0. The van der Waals surface area contributed by atoms with Crippen molar-refractivity contribution in [1.82, 2.24) is 0 Å². The van der Waals surface area contributed by atoms with Crippen LogP contribution in [0.25, 0.3) is 0 Å². The van der Waals surface area contributed by atoms with Crippen LogP contribution in [0.3, 0.4) is 0 Å². The Morgan fingerprint density at radius 2 is 1.00 bits per heavy atom. The molecule has 15 heavy (non-hydrogen) atoms. The van der Waals surface area contributed by atoms with Crippen molar-refractivity contribution in [2.75, 3.05) is 0 Å². The molecule has 0 bridgehead atoms. The quantitative estimate of drug-likeness (QED) is 0.326. The average Bonchev–Trinajstić information content (AvgIpc) is 1.79. The maximum absolute atomic E-state index is 9.98. The van der Waals surface area contributed by atoms with E-state index >= 15 is 0 Å². The first kappa shape index (κ1) is 19.8. The fourth-order valence-corrected chi connectivity index (χ4v) is 0.572. The van der Waals surface area contributed by atoms with Crippen LogP contribution < -0.4 is 10.2 Å². The molecule has 0 aromatic rings. The summed E-state index contributed by atoms with van der Waals surface area (Å²) < 4.78 is 0. The van der Waals surface area contributed by atoms with E-state index in [2.05, 4.69) is 0 Å². The van der Waals surface area contributed by atoms with E-state index in [1.807, 2.05) is 0 Å². The van der Waals surface area contributed by atoms with Crippen LogP contribution in [0, 0.1) is 0 Å². The summed E-state index contributed by atoms with van der Waals surface area (Å²) in [6.45, 7) is 5.39. The van der Waals surface area contributed by atoms with Crippen LogP contribution in [0.4, 0.5) is 0 Å². The fraction of sp³-hybridized carbons (Fsp3) is 0.400. The van der Waals surface area contributed by atoms with Crippen molar-refractivity contribution in [2.24, 2.45) is 0 Å². The van der Waals surface area contributed by atoms with Crippen molar-refractivity contribution in [3.05, 3.63) is 23.7 Å². The molecular formula is C10H16O4Pb. The summed E-state index contributed by atoms with van der Waals surface area (Å²) in [6, 6.07) is 0. The van der Waals surface area contributed by atoms with E-state index in [0.717, 1.165) is 12.2 Å². The summed E-state index contributed by atoms with van der Waals surface area (Å²) in [5.41, 5.74) is 0. The van der Waals surface area contributed by atoms with E-state index in [-0.39, 0.29) is 50.4 Å². The summed E-state index contributed by atoms with van der Waals surface area (Å²) >= 11 is 0.